The predicted molar refractivity (Wildman–Crippen MR) is 137 cm³/mol. The topological polar surface area (TPSA) is 114 Å². The summed E-state index contributed by atoms with van der Waals surface area (Å²) in [5, 5.41) is 5.69. The van der Waals surface area contributed by atoms with E-state index in [0.29, 0.717) is 49.4 Å². The van der Waals surface area contributed by atoms with E-state index in [9.17, 15) is 18.0 Å². The van der Waals surface area contributed by atoms with E-state index in [2.05, 4.69) is 17.2 Å². The van der Waals surface area contributed by atoms with Crippen molar-refractivity contribution in [2.75, 3.05) is 27.3 Å². The first kappa shape index (κ1) is 27.2. The molecule has 0 bridgehead atoms. The second-order valence-electron chi connectivity index (χ2n) is 8.62. The van der Waals surface area contributed by atoms with E-state index in [1.807, 2.05) is 25.1 Å². The van der Waals surface area contributed by atoms with E-state index >= 15 is 0 Å². The van der Waals surface area contributed by atoms with Crippen LogP contribution in [0, 0.1) is 0 Å². The minimum absolute atomic E-state index is 0.0953. The second kappa shape index (κ2) is 12.0. The molecule has 36 heavy (non-hydrogen) atoms. The normalized spacial score (nSPS) is 18.2. The molecule has 2 aromatic rings. The van der Waals surface area contributed by atoms with Crippen LogP contribution in [0.3, 0.4) is 0 Å². The summed E-state index contributed by atoms with van der Waals surface area (Å²) in [7, 11) is -0.588. The molecule has 1 aliphatic heterocycles. The zero-order chi connectivity index (χ0) is 26.3. The van der Waals surface area contributed by atoms with Gasteiger partial charge >= 0.3 is 0 Å². The van der Waals surface area contributed by atoms with Crippen molar-refractivity contribution < 1.29 is 27.5 Å². The molecule has 0 spiro atoms. The van der Waals surface area contributed by atoms with Crippen LogP contribution in [0.15, 0.2) is 60.0 Å². The molecule has 194 valence electrons. The molecule has 2 N–H and O–H groups in total. The number of carbonyl (C=O) groups excluding carboxylic acids is 2. The quantitative estimate of drug-likeness (QED) is 0.470. The molecule has 2 aromatic carbocycles. The molecular weight excluding hydrogens is 482 g/mol. The highest BCUT2D eigenvalue weighted by molar-refractivity contribution is 7.89. The summed E-state index contributed by atoms with van der Waals surface area (Å²) in [6, 6.07) is 11.1. The van der Waals surface area contributed by atoms with Gasteiger partial charge in [-0.1, -0.05) is 12.6 Å². The number of carbonyl (C=O) groups is 2. The third-order valence-corrected chi connectivity index (χ3v) is 8.25. The van der Waals surface area contributed by atoms with E-state index in [-0.39, 0.29) is 28.8 Å². The lowest BCUT2D eigenvalue weighted by atomic mass is 10.0. The minimum atomic E-state index is -3.73. The highest BCUT2D eigenvalue weighted by atomic mass is 32.2. The Morgan fingerprint density at radius 3 is 2.42 bits per heavy atom. The number of ether oxygens (including phenoxy) is 2. The van der Waals surface area contributed by atoms with E-state index in [0.717, 1.165) is 5.56 Å². The zero-order valence-corrected chi connectivity index (χ0v) is 21.6. The molecule has 0 aromatic heterocycles. The van der Waals surface area contributed by atoms with Gasteiger partial charge in [-0.25, -0.2) is 8.42 Å². The monoisotopic (exact) mass is 515 g/mol. The smallest absolute Gasteiger partial charge is 0.251 e. The van der Waals surface area contributed by atoms with Crippen molar-refractivity contribution in [3.63, 3.8) is 0 Å². The van der Waals surface area contributed by atoms with Gasteiger partial charge in [-0.15, -0.1) is 0 Å². The van der Waals surface area contributed by atoms with Gasteiger partial charge in [-0.05, 0) is 74.2 Å². The first-order chi connectivity index (χ1) is 17.2. The molecular formula is C26H33N3O6S. The van der Waals surface area contributed by atoms with Crippen LogP contribution < -0.4 is 20.1 Å². The van der Waals surface area contributed by atoms with Crippen LogP contribution >= 0.6 is 0 Å². The first-order valence-electron chi connectivity index (χ1n) is 11.7. The number of benzene rings is 2. The van der Waals surface area contributed by atoms with E-state index < -0.39 is 10.0 Å². The van der Waals surface area contributed by atoms with E-state index in [4.69, 9.17) is 9.47 Å². The lowest BCUT2D eigenvalue weighted by molar-refractivity contribution is -0.117. The van der Waals surface area contributed by atoms with E-state index in [1.165, 1.54) is 34.6 Å². The molecule has 0 aliphatic carbocycles. The summed E-state index contributed by atoms with van der Waals surface area (Å²) < 4.78 is 38.4. The molecule has 2 atom stereocenters. The number of sulfonamides is 1. The zero-order valence-electron chi connectivity index (χ0n) is 20.8. The van der Waals surface area contributed by atoms with Crippen molar-refractivity contribution in [3.8, 4) is 11.5 Å². The summed E-state index contributed by atoms with van der Waals surface area (Å²) >= 11 is 0. The molecule has 0 radical (unpaired) electrons. The van der Waals surface area contributed by atoms with Crippen LogP contribution in [0.25, 0.3) is 0 Å². The maximum absolute atomic E-state index is 13.2. The van der Waals surface area contributed by atoms with Gasteiger partial charge < -0.3 is 20.1 Å². The molecule has 10 heteroatoms. The van der Waals surface area contributed by atoms with Gasteiger partial charge in [0.05, 0.1) is 19.1 Å². The lowest BCUT2D eigenvalue weighted by Gasteiger charge is -2.36. The van der Waals surface area contributed by atoms with Crippen LogP contribution in [0.2, 0.25) is 0 Å². The van der Waals surface area contributed by atoms with Crippen LogP contribution in [0.1, 0.15) is 35.7 Å². The summed E-state index contributed by atoms with van der Waals surface area (Å²) in [6.07, 6.45) is 2.84. The van der Waals surface area contributed by atoms with Gasteiger partial charge in [0, 0.05) is 30.7 Å². The third kappa shape index (κ3) is 6.44. The largest absolute Gasteiger partial charge is 0.493 e. The Labute approximate surface area is 212 Å². The molecule has 3 rings (SSSR count). The number of piperidine rings is 1. The van der Waals surface area contributed by atoms with Gasteiger partial charge in [-0.2, -0.15) is 4.31 Å². The maximum Gasteiger partial charge on any atom is 0.251 e. The molecule has 9 nitrogen and oxygen atoms in total. The third-order valence-electron chi connectivity index (χ3n) is 6.22. The summed E-state index contributed by atoms with van der Waals surface area (Å²) in [5.74, 6) is 0.712. The summed E-state index contributed by atoms with van der Waals surface area (Å²) in [4.78, 5) is 24.3. The van der Waals surface area contributed by atoms with Crippen molar-refractivity contribution in [3.05, 3.63) is 66.2 Å². The van der Waals surface area contributed by atoms with Crippen molar-refractivity contribution in [2.45, 2.75) is 43.2 Å². The van der Waals surface area contributed by atoms with Gasteiger partial charge in [0.1, 0.15) is 0 Å². The number of rotatable bonds is 10. The van der Waals surface area contributed by atoms with Gasteiger partial charge in [0.2, 0.25) is 15.9 Å². The summed E-state index contributed by atoms with van der Waals surface area (Å²) in [6.45, 7) is 5.97. The first-order valence-corrected chi connectivity index (χ1v) is 13.2. The van der Waals surface area contributed by atoms with Crippen molar-refractivity contribution in [1.82, 2.24) is 14.9 Å². The molecule has 2 unspecified atom stereocenters. The van der Waals surface area contributed by atoms with Crippen LogP contribution in [0.4, 0.5) is 0 Å². The Morgan fingerprint density at radius 1 is 1.11 bits per heavy atom. The van der Waals surface area contributed by atoms with E-state index in [1.54, 1.807) is 14.2 Å². The molecule has 0 saturated carbocycles. The lowest BCUT2D eigenvalue weighted by Crippen LogP contribution is -2.50. The Balaban J connectivity index is 1.57. The number of amides is 2. The fraction of sp³-hybridized carbons (Fsp3) is 0.385. The molecule has 1 saturated heterocycles. The van der Waals surface area contributed by atoms with Gasteiger partial charge in [0.15, 0.2) is 11.5 Å². The Kier molecular flexibility index (Phi) is 9.11. The highest BCUT2D eigenvalue weighted by Gasteiger charge is 2.34. The predicted octanol–water partition coefficient (Wildman–Crippen LogP) is 2.52. The molecule has 2 amide bonds. The highest BCUT2D eigenvalue weighted by Crippen LogP contribution is 2.28. The molecule has 1 heterocycles. The Hall–Kier alpha value is -3.37. The second-order valence-corrected chi connectivity index (χ2v) is 10.5. The number of methoxy groups -OCH3 is 2. The van der Waals surface area contributed by atoms with Crippen LogP contribution in [-0.4, -0.2) is 63.9 Å². The average Bonchev–Trinajstić information content (AvgIpc) is 2.88. The van der Waals surface area contributed by atoms with Gasteiger partial charge in [-0.3, -0.25) is 9.59 Å². The standard InChI is InChI=1S/C26H33N3O6S/c1-5-25(30)28-21-13-15-29(18(2)16-21)36(32,33)22-9-7-20(8-10-22)26(31)27-14-12-19-6-11-23(34-3)24(17-19)35-4/h5-11,17-18,21H,1,12-16H2,2-4H3,(H,27,31)(H,28,30). The van der Waals surface area contributed by atoms with Gasteiger partial charge in [0.25, 0.3) is 5.91 Å². The van der Waals surface area contributed by atoms with Crippen molar-refractivity contribution in [2.24, 2.45) is 0 Å². The average molecular weight is 516 g/mol. The molecule has 1 aliphatic rings. The number of hydrogen-bond acceptors (Lipinski definition) is 6. The van der Waals surface area contributed by atoms with Crippen molar-refractivity contribution >= 4 is 21.8 Å². The number of hydrogen-bond donors (Lipinski definition) is 2. The Morgan fingerprint density at radius 2 is 1.81 bits per heavy atom. The van der Waals surface area contributed by atoms with Crippen molar-refractivity contribution in [1.29, 1.82) is 0 Å². The fourth-order valence-electron chi connectivity index (χ4n) is 4.27. The fourth-order valence-corrected chi connectivity index (χ4v) is 5.93. The Bertz CT molecular complexity index is 1200. The number of nitrogens with zero attached hydrogens (tertiary/aromatic N) is 1. The minimum Gasteiger partial charge on any atom is -0.493 e. The summed E-state index contributed by atoms with van der Waals surface area (Å²) in [5.41, 5.74) is 1.36. The van der Waals surface area contributed by atoms with Crippen LogP contribution in [0.5, 0.6) is 11.5 Å². The number of nitrogens with one attached hydrogen (secondary N) is 2. The van der Waals surface area contributed by atoms with Crippen LogP contribution in [-0.2, 0) is 21.2 Å². The SMILES string of the molecule is C=CC(=O)NC1CCN(S(=O)(=O)c2ccc(C(=O)NCCc3ccc(OC)c(OC)c3)cc2)C(C)C1. The molecule has 1 fully saturated rings. The maximum atomic E-state index is 13.2.